The molecule has 3 nitrogen and oxygen atoms in total. The van der Waals surface area contributed by atoms with Crippen LogP contribution >= 0.6 is 0 Å². The number of rotatable bonds is 2. The molecular formula is C18H20N2O. The van der Waals surface area contributed by atoms with Gasteiger partial charge in [-0.25, -0.2) is 0 Å². The molecule has 2 N–H and O–H groups in total. The first kappa shape index (κ1) is 13.8. The van der Waals surface area contributed by atoms with Crippen LogP contribution in [0.15, 0.2) is 54.6 Å². The Balaban J connectivity index is 2.02. The Kier molecular flexibility index (Phi) is 3.76. The predicted molar refractivity (Wildman–Crippen MR) is 85.3 cm³/mol. The summed E-state index contributed by atoms with van der Waals surface area (Å²) in [5.74, 6) is 0.341. The van der Waals surface area contributed by atoms with Gasteiger partial charge in [-0.3, -0.25) is 4.79 Å². The molecule has 1 aliphatic heterocycles. The predicted octanol–water partition coefficient (Wildman–Crippen LogP) is 2.90. The number of carbonyl (C=O) groups excluding carboxylic acids is 1. The summed E-state index contributed by atoms with van der Waals surface area (Å²) in [6.45, 7) is 2.46. The lowest BCUT2D eigenvalue weighted by atomic mass is 9.84. The zero-order chi connectivity index (χ0) is 14.8. The highest BCUT2D eigenvalue weighted by molar-refractivity contribution is 5.98. The van der Waals surface area contributed by atoms with Gasteiger partial charge in [0.25, 0.3) is 0 Å². The van der Waals surface area contributed by atoms with Gasteiger partial charge in [0.05, 0.1) is 6.04 Å². The highest BCUT2D eigenvalue weighted by Crippen LogP contribution is 2.39. The van der Waals surface area contributed by atoms with Crippen molar-refractivity contribution in [3.8, 4) is 0 Å². The third kappa shape index (κ3) is 2.57. The second-order valence-corrected chi connectivity index (χ2v) is 5.59. The lowest BCUT2D eigenvalue weighted by Crippen LogP contribution is -2.45. The van der Waals surface area contributed by atoms with E-state index in [2.05, 4.69) is 30.3 Å². The fraction of sp³-hybridized carbons (Fsp3) is 0.278. The first-order valence-corrected chi connectivity index (χ1v) is 7.39. The Morgan fingerprint density at radius 2 is 1.81 bits per heavy atom. The number of hydrogen-bond acceptors (Lipinski definition) is 2. The van der Waals surface area contributed by atoms with Crippen LogP contribution in [0.1, 0.15) is 30.4 Å². The van der Waals surface area contributed by atoms with Crippen LogP contribution in [0.5, 0.6) is 0 Å². The van der Waals surface area contributed by atoms with Crippen LogP contribution in [0.25, 0.3) is 0 Å². The van der Waals surface area contributed by atoms with Crippen LogP contribution in [-0.4, -0.2) is 18.5 Å². The van der Waals surface area contributed by atoms with Crippen molar-refractivity contribution in [2.24, 2.45) is 5.73 Å². The molecule has 0 fully saturated rings. The third-order valence-electron chi connectivity index (χ3n) is 4.10. The second-order valence-electron chi connectivity index (χ2n) is 5.59. The molecule has 3 heteroatoms. The van der Waals surface area contributed by atoms with Gasteiger partial charge in [-0.1, -0.05) is 48.5 Å². The molecule has 2 aromatic rings. The van der Waals surface area contributed by atoms with Crippen molar-refractivity contribution in [3.63, 3.8) is 0 Å². The molecule has 0 aromatic heterocycles. The lowest BCUT2D eigenvalue weighted by molar-refractivity contribution is -0.119. The van der Waals surface area contributed by atoms with Gasteiger partial charge < -0.3 is 10.6 Å². The highest BCUT2D eigenvalue weighted by Gasteiger charge is 2.30. The quantitative estimate of drug-likeness (QED) is 0.919. The van der Waals surface area contributed by atoms with Crippen LogP contribution in [0, 0.1) is 0 Å². The van der Waals surface area contributed by atoms with E-state index >= 15 is 0 Å². The Labute approximate surface area is 125 Å². The summed E-state index contributed by atoms with van der Waals surface area (Å²) in [4.78, 5) is 14.1. The molecule has 0 bridgehead atoms. The topological polar surface area (TPSA) is 46.3 Å². The van der Waals surface area contributed by atoms with E-state index in [9.17, 15) is 4.79 Å². The van der Waals surface area contributed by atoms with Gasteiger partial charge in [-0.15, -0.1) is 0 Å². The number of nitrogens with zero attached hydrogens (tertiary/aromatic N) is 1. The molecule has 1 aliphatic rings. The largest absolute Gasteiger partial charge is 0.320 e. The second kappa shape index (κ2) is 5.70. The van der Waals surface area contributed by atoms with Gasteiger partial charge in [0.2, 0.25) is 5.91 Å². The Hall–Kier alpha value is -2.13. The molecule has 0 aliphatic carbocycles. The lowest BCUT2D eigenvalue weighted by Gasteiger charge is -2.35. The Bertz CT molecular complexity index is 637. The van der Waals surface area contributed by atoms with Crippen molar-refractivity contribution >= 4 is 11.6 Å². The van der Waals surface area contributed by atoms with Gasteiger partial charge in [0.15, 0.2) is 0 Å². The SMILES string of the molecule is C[C@@H](N)C(=O)N1CCC(c2ccccc2)c2ccccc21. The Morgan fingerprint density at radius 3 is 2.52 bits per heavy atom. The normalized spacial score (nSPS) is 19.0. The maximum atomic E-state index is 12.3. The summed E-state index contributed by atoms with van der Waals surface area (Å²) < 4.78 is 0. The minimum atomic E-state index is -0.466. The number of anilines is 1. The van der Waals surface area contributed by atoms with Gasteiger partial charge in [0, 0.05) is 18.2 Å². The van der Waals surface area contributed by atoms with Crippen molar-refractivity contribution in [1.82, 2.24) is 0 Å². The van der Waals surface area contributed by atoms with E-state index in [-0.39, 0.29) is 5.91 Å². The monoisotopic (exact) mass is 280 g/mol. The molecule has 2 atom stereocenters. The zero-order valence-corrected chi connectivity index (χ0v) is 12.2. The van der Waals surface area contributed by atoms with Crippen molar-refractivity contribution < 1.29 is 4.79 Å². The number of benzene rings is 2. The fourth-order valence-corrected chi connectivity index (χ4v) is 3.07. The molecule has 1 amide bonds. The van der Waals surface area contributed by atoms with Gasteiger partial charge in [0.1, 0.15) is 0 Å². The number of para-hydroxylation sites is 1. The van der Waals surface area contributed by atoms with Gasteiger partial charge >= 0.3 is 0 Å². The minimum Gasteiger partial charge on any atom is -0.320 e. The molecule has 1 heterocycles. The zero-order valence-electron chi connectivity index (χ0n) is 12.2. The summed E-state index contributed by atoms with van der Waals surface area (Å²) in [6.07, 6.45) is 0.930. The number of hydrogen-bond donors (Lipinski definition) is 1. The number of carbonyl (C=O) groups is 1. The standard InChI is InChI=1S/C18H20N2O/c1-13(19)18(21)20-12-11-15(14-7-3-2-4-8-14)16-9-5-6-10-17(16)20/h2-10,13,15H,11-12,19H2,1H3/t13-,15?/m1/s1. The summed E-state index contributed by atoms with van der Waals surface area (Å²) in [6, 6.07) is 18.2. The molecule has 0 saturated carbocycles. The number of fused-ring (bicyclic) bond motifs is 1. The first-order chi connectivity index (χ1) is 10.2. The van der Waals surface area contributed by atoms with Crippen molar-refractivity contribution in [2.75, 3.05) is 11.4 Å². The summed E-state index contributed by atoms with van der Waals surface area (Å²) in [5.41, 5.74) is 9.29. The molecule has 0 saturated heterocycles. The van der Waals surface area contributed by atoms with Gasteiger partial charge in [-0.05, 0) is 30.5 Å². The van der Waals surface area contributed by atoms with E-state index in [1.165, 1.54) is 11.1 Å². The van der Waals surface area contributed by atoms with E-state index in [0.29, 0.717) is 5.92 Å². The number of nitrogens with two attached hydrogens (primary N) is 1. The summed E-state index contributed by atoms with van der Waals surface area (Å²) >= 11 is 0. The molecule has 3 rings (SSSR count). The smallest absolute Gasteiger partial charge is 0.243 e. The van der Waals surface area contributed by atoms with E-state index in [1.807, 2.05) is 29.2 Å². The molecule has 1 unspecified atom stereocenters. The van der Waals surface area contributed by atoms with Crippen LogP contribution in [0.3, 0.4) is 0 Å². The van der Waals surface area contributed by atoms with E-state index in [0.717, 1.165) is 18.7 Å². The average Bonchev–Trinajstić information content (AvgIpc) is 2.54. The summed E-state index contributed by atoms with van der Waals surface area (Å²) in [5, 5.41) is 0. The van der Waals surface area contributed by atoms with E-state index in [1.54, 1.807) is 6.92 Å². The van der Waals surface area contributed by atoms with Crippen molar-refractivity contribution in [3.05, 3.63) is 65.7 Å². The van der Waals surface area contributed by atoms with Crippen molar-refractivity contribution in [1.29, 1.82) is 0 Å². The van der Waals surface area contributed by atoms with Crippen LogP contribution in [0.4, 0.5) is 5.69 Å². The number of amides is 1. The van der Waals surface area contributed by atoms with Crippen LogP contribution in [-0.2, 0) is 4.79 Å². The molecule has 0 spiro atoms. The van der Waals surface area contributed by atoms with E-state index < -0.39 is 6.04 Å². The van der Waals surface area contributed by atoms with Crippen LogP contribution < -0.4 is 10.6 Å². The Morgan fingerprint density at radius 1 is 1.14 bits per heavy atom. The average molecular weight is 280 g/mol. The first-order valence-electron chi connectivity index (χ1n) is 7.39. The third-order valence-corrected chi connectivity index (χ3v) is 4.10. The molecule has 21 heavy (non-hydrogen) atoms. The van der Waals surface area contributed by atoms with E-state index in [4.69, 9.17) is 5.73 Å². The fourth-order valence-electron chi connectivity index (χ4n) is 3.07. The van der Waals surface area contributed by atoms with Crippen LogP contribution in [0.2, 0.25) is 0 Å². The van der Waals surface area contributed by atoms with Crippen molar-refractivity contribution in [2.45, 2.75) is 25.3 Å². The highest BCUT2D eigenvalue weighted by atomic mass is 16.2. The molecule has 108 valence electrons. The maximum Gasteiger partial charge on any atom is 0.243 e. The summed E-state index contributed by atoms with van der Waals surface area (Å²) in [7, 11) is 0. The van der Waals surface area contributed by atoms with Gasteiger partial charge in [-0.2, -0.15) is 0 Å². The maximum absolute atomic E-state index is 12.3. The molecule has 0 radical (unpaired) electrons. The molecular weight excluding hydrogens is 260 g/mol. The molecule has 2 aromatic carbocycles. The minimum absolute atomic E-state index is 0.00559.